The van der Waals surface area contributed by atoms with Crippen LogP contribution in [0, 0.1) is 17.1 Å². The molecule has 0 aliphatic heterocycles. The number of anilines is 1. The maximum Gasteiger partial charge on any atom is 0.232 e. The Bertz CT molecular complexity index is 921. The summed E-state index contributed by atoms with van der Waals surface area (Å²) in [5.74, 6) is -0.673. The van der Waals surface area contributed by atoms with Gasteiger partial charge in [-0.1, -0.05) is 18.2 Å². The maximum atomic E-state index is 12.9. The second kappa shape index (κ2) is 8.45. The van der Waals surface area contributed by atoms with Crippen LogP contribution in [0.15, 0.2) is 48.5 Å². The molecule has 8 heteroatoms. The van der Waals surface area contributed by atoms with E-state index in [4.69, 9.17) is 5.26 Å². The number of benzene rings is 2. The Kier molecular flexibility index (Phi) is 6.31. The van der Waals surface area contributed by atoms with E-state index in [0.29, 0.717) is 16.8 Å². The molecular weight excluding hydrogens is 357 g/mol. The number of nitrogens with zero attached hydrogens (tertiary/aromatic N) is 2. The van der Waals surface area contributed by atoms with Crippen LogP contribution < -0.4 is 9.62 Å². The van der Waals surface area contributed by atoms with Crippen LogP contribution in [-0.2, 0) is 21.2 Å². The van der Waals surface area contributed by atoms with E-state index in [1.54, 1.807) is 18.2 Å². The first-order valence-electron chi connectivity index (χ1n) is 7.78. The van der Waals surface area contributed by atoms with Gasteiger partial charge in [-0.15, -0.1) is 0 Å². The molecule has 136 valence electrons. The van der Waals surface area contributed by atoms with Gasteiger partial charge >= 0.3 is 0 Å². The lowest BCUT2D eigenvalue weighted by atomic mass is 10.1. The number of halogens is 1. The van der Waals surface area contributed by atoms with Gasteiger partial charge in [-0.3, -0.25) is 9.10 Å². The van der Waals surface area contributed by atoms with Gasteiger partial charge in [0.05, 0.1) is 36.5 Å². The summed E-state index contributed by atoms with van der Waals surface area (Å²) in [7, 11) is -3.57. The second-order valence-corrected chi connectivity index (χ2v) is 7.56. The molecule has 1 N–H and O–H groups in total. The lowest BCUT2D eigenvalue weighted by molar-refractivity contribution is -0.120. The average Bonchev–Trinajstić information content (AvgIpc) is 2.59. The van der Waals surface area contributed by atoms with Crippen molar-refractivity contribution in [1.82, 2.24) is 5.32 Å². The lowest BCUT2D eigenvalue weighted by Gasteiger charge is -2.22. The van der Waals surface area contributed by atoms with Gasteiger partial charge in [0.25, 0.3) is 0 Å². The Hall–Kier alpha value is -2.92. The quantitative estimate of drug-likeness (QED) is 0.799. The standard InChI is InChI=1S/C18H18FN3O3S/c1-26(24,25)22(17-4-2-3-15(11-17)13-20)10-9-21-18(23)12-14-5-7-16(19)8-6-14/h2-8,11H,9-10,12H2,1H3,(H,21,23). The maximum absolute atomic E-state index is 12.9. The van der Waals surface area contributed by atoms with Gasteiger partial charge in [0.15, 0.2) is 0 Å². The summed E-state index contributed by atoms with van der Waals surface area (Å²) in [5.41, 5.74) is 1.36. The van der Waals surface area contributed by atoms with E-state index in [9.17, 15) is 17.6 Å². The number of hydrogen-bond donors (Lipinski definition) is 1. The molecule has 2 aromatic rings. The highest BCUT2D eigenvalue weighted by molar-refractivity contribution is 7.92. The molecule has 0 saturated carbocycles. The Morgan fingerprint density at radius 2 is 1.92 bits per heavy atom. The number of hydrogen-bond acceptors (Lipinski definition) is 4. The van der Waals surface area contributed by atoms with Gasteiger partial charge in [0, 0.05) is 6.54 Å². The van der Waals surface area contributed by atoms with Crippen LogP contribution >= 0.6 is 0 Å². The molecule has 26 heavy (non-hydrogen) atoms. The normalized spacial score (nSPS) is 10.8. The van der Waals surface area contributed by atoms with E-state index in [1.165, 1.54) is 30.3 Å². The van der Waals surface area contributed by atoms with Gasteiger partial charge in [-0.2, -0.15) is 5.26 Å². The first kappa shape index (κ1) is 19.4. The highest BCUT2D eigenvalue weighted by Crippen LogP contribution is 2.18. The number of nitriles is 1. The smallest absolute Gasteiger partial charge is 0.232 e. The van der Waals surface area contributed by atoms with Crippen LogP contribution in [0.1, 0.15) is 11.1 Å². The van der Waals surface area contributed by atoms with Crippen molar-refractivity contribution in [3.63, 3.8) is 0 Å². The van der Waals surface area contributed by atoms with E-state index in [2.05, 4.69) is 5.32 Å². The molecule has 0 atom stereocenters. The summed E-state index contributed by atoms with van der Waals surface area (Å²) >= 11 is 0. The van der Waals surface area contributed by atoms with Gasteiger partial charge in [-0.25, -0.2) is 12.8 Å². The topological polar surface area (TPSA) is 90.3 Å². The molecule has 0 saturated heterocycles. The number of carbonyl (C=O) groups excluding carboxylic acids is 1. The van der Waals surface area contributed by atoms with Crippen LogP contribution in [0.2, 0.25) is 0 Å². The van der Waals surface area contributed by atoms with Crippen LogP contribution in [-0.4, -0.2) is 33.7 Å². The zero-order chi connectivity index (χ0) is 19.2. The van der Waals surface area contributed by atoms with E-state index in [-0.39, 0.29) is 31.2 Å². The van der Waals surface area contributed by atoms with Crippen LogP contribution in [0.3, 0.4) is 0 Å². The van der Waals surface area contributed by atoms with Gasteiger partial charge < -0.3 is 5.32 Å². The molecule has 0 spiro atoms. The molecule has 0 bridgehead atoms. The fourth-order valence-electron chi connectivity index (χ4n) is 2.36. The molecule has 6 nitrogen and oxygen atoms in total. The van der Waals surface area contributed by atoms with E-state index < -0.39 is 10.0 Å². The zero-order valence-corrected chi connectivity index (χ0v) is 15.0. The zero-order valence-electron chi connectivity index (χ0n) is 14.1. The average molecular weight is 375 g/mol. The molecule has 0 fully saturated rings. The summed E-state index contributed by atoms with van der Waals surface area (Å²) < 4.78 is 38.0. The largest absolute Gasteiger partial charge is 0.354 e. The van der Waals surface area contributed by atoms with Crippen molar-refractivity contribution in [1.29, 1.82) is 5.26 Å². The monoisotopic (exact) mass is 375 g/mol. The Morgan fingerprint density at radius 3 is 2.54 bits per heavy atom. The third-order valence-electron chi connectivity index (χ3n) is 3.58. The fourth-order valence-corrected chi connectivity index (χ4v) is 3.28. The molecule has 0 aromatic heterocycles. The SMILES string of the molecule is CS(=O)(=O)N(CCNC(=O)Cc1ccc(F)cc1)c1cccc(C#N)c1. The minimum atomic E-state index is -3.57. The van der Waals surface area contributed by atoms with E-state index in [0.717, 1.165) is 10.6 Å². The second-order valence-electron chi connectivity index (χ2n) is 5.65. The Balaban J connectivity index is 1.98. The van der Waals surface area contributed by atoms with Gasteiger partial charge in [0.1, 0.15) is 5.82 Å². The Labute approximate surface area is 151 Å². The van der Waals surface area contributed by atoms with Crippen molar-refractivity contribution in [2.75, 3.05) is 23.7 Å². The van der Waals surface area contributed by atoms with Gasteiger partial charge in [0.2, 0.25) is 15.9 Å². The summed E-state index contributed by atoms with van der Waals surface area (Å²) in [6.45, 7) is 0.132. The number of carbonyl (C=O) groups is 1. The number of rotatable bonds is 7. The summed E-state index contributed by atoms with van der Waals surface area (Å²) in [4.78, 5) is 11.9. The molecule has 2 rings (SSSR count). The van der Waals surface area contributed by atoms with Crippen molar-refractivity contribution in [3.05, 3.63) is 65.5 Å². The van der Waals surface area contributed by atoms with E-state index in [1.807, 2.05) is 6.07 Å². The molecule has 0 radical (unpaired) electrons. The lowest BCUT2D eigenvalue weighted by Crippen LogP contribution is -2.38. The minimum absolute atomic E-state index is 0.0306. The molecule has 0 unspecified atom stereocenters. The highest BCUT2D eigenvalue weighted by Gasteiger charge is 2.17. The first-order chi connectivity index (χ1) is 12.3. The van der Waals surface area contributed by atoms with Crippen molar-refractivity contribution >= 4 is 21.6 Å². The summed E-state index contributed by atoms with van der Waals surface area (Å²) in [6, 6.07) is 13.8. The summed E-state index contributed by atoms with van der Waals surface area (Å²) in [5, 5.41) is 11.6. The molecule has 0 aliphatic carbocycles. The van der Waals surface area contributed by atoms with E-state index >= 15 is 0 Å². The third-order valence-corrected chi connectivity index (χ3v) is 4.77. The van der Waals surface area contributed by atoms with Crippen molar-refractivity contribution < 1.29 is 17.6 Å². The van der Waals surface area contributed by atoms with Crippen LogP contribution in [0.25, 0.3) is 0 Å². The molecule has 0 heterocycles. The number of sulfonamides is 1. The predicted molar refractivity (Wildman–Crippen MR) is 96.5 cm³/mol. The molecule has 2 aromatic carbocycles. The number of nitrogens with one attached hydrogen (secondary N) is 1. The molecular formula is C18H18FN3O3S. The van der Waals surface area contributed by atoms with Crippen LogP contribution in [0.5, 0.6) is 0 Å². The fraction of sp³-hybridized carbons (Fsp3) is 0.222. The minimum Gasteiger partial charge on any atom is -0.354 e. The van der Waals surface area contributed by atoms with Crippen LogP contribution in [0.4, 0.5) is 10.1 Å². The van der Waals surface area contributed by atoms with Crippen molar-refractivity contribution in [2.24, 2.45) is 0 Å². The molecule has 0 aliphatic rings. The van der Waals surface area contributed by atoms with Crippen molar-refractivity contribution in [2.45, 2.75) is 6.42 Å². The first-order valence-corrected chi connectivity index (χ1v) is 9.63. The van der Waals surface area contributed by atoms with Gasteiger partial charge in [-0.05, 0) is 35.9 Å². The third kappa shape index (κ3) is 5.57. The predicted octanol–water partition coefficient (Wildman–Crippen LogP) is 1.82. The number of amides is 1. The summed E-state index contributed by atoms with van der Waals surface area (Å²) in [6.07, 6.45) is 1.13. The Morgan fingerprint density at radius 1 is 1.23 bits per heavy atom. The van der Waals surface area contributed by atoms with Crippen molar-refractivity contribution in [3.8, 4) is 6.07 Å². The highest BCUT2D eigenvalue weighted by atomic mass is 32.2. The molecule has 1 amide bonds.